The van der Waals surface area contributed by atoms with E-state index in [-0.39, 0.29) is 18.3 Å². The van der Waals surface area contributed by atoms with E-state index < -0.39 is 12.1 Å². The summed E-state index contributed by atoms with van der Waals surface area (Å²) in [5, 5.41) is 17.7. The minimum absolute atomic E-state index is 0.100. The number of rotatable bonds is 5. The van der Waals surface area contributed by atoms with Crippen LogP contribution in [-0.4, -0.2) is 43.8 Å². The van der Waals surface area contributed by atoms with E-state index in [4.69, 9.17) is 4.74 Å². The van der Waals surface area contributed by atoms with Crippen LogP contribution in [0.3, 0.4) is 0 Å². The average Bonchev–Trinajstić information content (AvgIpc) is 2.92. The second-order valence-corrected chi connectivity index (χ2v) is 4.65. The van der Waals surface area contributed by atoms with Gasteiger partial charge in [-0.3, -0.25) is 4.98 Å². The summed E-state index contributed by atoms with van der Waals surface area (Å²) >= 11 is 0. The Morgan fingerprint density at radius 2 is 2.19 bits per heavy atom. The van der Waals surface area contributed by atoms with Gasteiger partial charge >= 0.3 is 5.97 Å². The maximum Gasteiger partial charge on any atom is 0.361 e. The van der Waals surface area contributed by atoms with Crippen molar-refractivity contribution in [3.05, 3.63) is 30.1 Å². The lowest BCUT2D eigenvalue weighted by Crippen LogP contribution is -2.21. The van der Waals surface area contributed by atoms with Crippen LogP contribution in [0.4, 0.5) is 0 Å². The molecule has 2 aromatic heterocycles. The highest BCUT2D eigenvalue weighted by Crippen LogP contribution is 2.25. The molecule has 0 aromatic carbocycles. The molecule has 2 rings (SSSR count). The molecule has 0 bridgehead atoms. The molecular weight excluding hydrogens is 272 g/mol. The van der Waals surface area contributed by atoms with E-state index in [0.29, 0.717) is 11.4 Å². The zero-order chi connectivity index (χ0) is 15.4. The van der Waals surface area contributed by atoms with E-state index in [0.717, 1.165) is 0 Å². The molecule has 0 aliphatic rings. The predicted molar refractivity (Wildman–Crippen MR) is 75.6 cm³/mol. The van der Waals surface area contributed by atoms with Crippen molar-refractivity contribution in [2.45, 2.75) is 32.9 Å². The van der Waals surface area contributed by atoms with Gasteiger partial charge in [-0.1, -0.05) is 11.3 Å². The van der Waals surface area contributed by atoms with Crippen LogP contribution in [0.1, 0.15) is 37.3 Å². The Bertz CT molecular complexity index is 610. The number of carbonyl (C=O) groups is 1. The van der Waals surface area contributed by atoms with Crippen molar-refractivity contribution in [1.82, 2.24) is 20.0 Å². The Morgan fingerprint density at radius 3 is 2.76 bits per heavy atom. The van der Waals surface area contributed by atoms with Crippen LogP contribution in [0.5, 0.6) is 0 Å². The van der Waals surface area contributed by atoms with E-state index in [1.165, 1.54) is 4.68 Å². The summed E-state index contributed by atoms with van der Waals surface area (Å²) in [6, 6.07) is 4.99. The first-order chi connectivity index (χ1) is 10.1. The van der Waals surface area contributed by atoms with Gasteiger partial charge in [0.25, 0.3) is 0 Å². The molecule has 0 fully saturated rings. The van der Waals surface area contributed by atoms with Crippen molar-refractivity contribution in [3.8, 4) is 11.4 Å². The number of aliphatic hydroxyl groups excluding tert-OH is 1. The summed E-state index contributed by atoms with van der Waals surface area (Å²) in [6.45, 7) is 5.42. The number of pyridine rings is 1. The molecule has 7 nitrogen and oxygen atoms in total. The fourth-order valence-corrected chi connectivity index (χ4v) is 1.86. The molecule has 0 radical (unpaired) electrons. The van der Waals surface area contributed by atoms with Gasteiger partial charge in [0.15, 0.2) is 5.69 Å². The highest BCUT2D eigenvalue weighted by atomic mass is 16.5. The average molecular weight is 290 g/mol. The third kappa shape index (κ3) is 3.08. The van der Waals surface area contributed by atoms with E-state index in [9.17, 15) is 9.90 Å². The number of nitrogens with zero attached hydrogens (tertiary/aromatic N) is 4. The van der Waals surface area contributed by atoms with Gasteiger partial charge in [-0.05, 0) is 32.9 Å². The third-order valence-corrected chi connectivity index (χ3v) is 3.15. The largest absolute Gasteiger partial charge is 0.461 e. The third-order valence-electron chi connectivity index (χ3n) is 3.15. The minimum atomic E-state index is -0.649. The molecule has 0 spiro atoms. The van der Waals surface area contributed by atoms with Gasteiger partial charge in [-0.25, -0.2) is 9.48 Å². The predicted octanol–water partition coefficient (Wildman–Crippen LogP) is 1.46. The zero-order valence-electron chi connectivity index (χ0n) is 12.2. The topological polar surface area (TPSA) is 90.1 Å². The van der Waals surface area contributed by atoms with Gasteiger partial charge in [-0.2, -0.15) is 0 Å². The zero-order valence-corrected chi connectivity index (χ0v) is 12.2. The van der Waals surface area contributed by atoms with Gasteiger partial charge in [0.05, 0.1) is 24.4 Å². The van der Waals surface area contributed by atoms with Crippen molar-refractivity contribution in [2.24, 2.45) is 0 Å². The number of hydrogen-bond acceptors (Lipinski definition) is 6. The highest BCUT2D eigenvalue weighted by molar-refractivity contribution is 5.93. The van der Waals surface area contributed by atoms with Crippen molar-refractivity contribution < 1.29 is 14.6 Å². The second-order valence-electron chi connectivity index (χ2n) is 4.65. The molecule has 2 atom stereocenters. The van der Waals surface area contributed by atoms with Crippen LogP contribution in [0, 0.1) is 0 Å². The molecular formula is C14H18N4O3. The van der Waals surface area contributed by atoms with E-state index >= 15 is 0 Å². The maximum absolute atomic E-state index is 12.0. The smallest absolute Gasteiger partial charge is 0.361 e. The van der Waals surface area contributed by atoms with Crippen LogP contribution >= 0.6 is 0 Å². The first-order valence-corrected chi connectivity index (χ1v) is 6.78. The van der Waals surface area contributed by atoms with Crippen LogP contribution in [0.15, 0.2) is 24.4 Å². The molecule has 21 heavy (non-hydrogen) atoms. The number of aliphatic hydroxyl groups is 1. The van der Waals surface area contributed by atoms with Crippen LogP contribution < -0.4 is 0 Å². The molecule has 0 amide bonds. The Labute approximate surface area is 122 Å². The van der Waals surface area contributed by atoms with Gasteiger partial charge in [-0.15, -0.1) is 5.10 Å². The van der Waals surface area contributed by atoms with E-state index in [2.05, 4.69) is 15.3 Å². The summed E-state index contributed by atoms with van der Waals surface area (Å²) in [5.74, 6) is -0.554. The molecule has 2 aromatic rings. The monoisotopic (exact) mass is 290 g/mol. The highest BCUT2D eigenvalue weighted by Gasteiger charge is 2.26. The van der Waals surface area contributed by atoms with E-state index in [1.54, 1.807) is 39.1 Å². The minimum Gasteiger partial charge on any atom is -0.461 e. The molecule has 0 aliphatic heterocycles. The number of esters is 1. The van der Waals surface area contributed by atoms with Crippen molar-refractivity contribution >= 4 is 5.97 Å². The Morgan fingerprint density at radius 1 is 1.43 bits per heavy atom. The summed E-state index contributed by atoms with van der Waals surface area (Å²) in [4.78, 5) is 16.3. The lowest BCUT2D eigenvalue weighted by molar-refractivity contribution is 0.0520. The van der Waals surface area contributed by atoms with Crippen molar-refractivity contribution in [2.75, 3.05) is 6.61 Å². The van der Waals surface area contributed by atoms with Crippen molar-refractivity contribution in [3.63, 3.8) is 0 Å². The molecule has 2 heterocycles. The second kappa shape index (κ2) is 6.45. The standard InChI is InChI=1S/C14H18N4O3/c1-4-21-14(20)12-13(11-7-5-6-8-15-11)18(17-16-12)9(2)10(3)19/h5-10,19H,4H2,1-3H3. The van der Waals surface area contributed by atoms with Crippen LogP contribution in [0.25, 0.3) is 11.4 Å². The number of carbonyl (C=O) groups excluding carboxylic acids is 1. The summed E-state index contributed by atoms with van der Waals surface area (Å²) < 4.78 is 6.50. The maximum atomic E-state index is 12.0. The van der Waals surface area contributed by atoms with Crippen LogP contribution in [0.2, 0.25) is 0 Å². The SMILES string of the molecule is CCOC(=O)c1nnn(C(C)C(C)O)c1-c1ccccn1. The lowest BCUT2D eigenvalue weighted by Gasteiger charge is -2.17. The first kappa shape index (κ1) is 15.1. The molecule has 2 unspecified atom stereocenters. The Kier molecular flexibility index (Phi) is 4.64. The molecule has 1 N–H and O–H groups in total. The lowest BCUT2D eigenvalue weighted by atomic mass is 10.1. The molecule has 7 heteroatoms. The van der Waals surface area contributed by atoms with Gasteiger partial charge in [0.2, 0.25) is 0 Å². The quantitative estimate of drug-likeness (QED) is 0.838. The number of ether oxygens (including phenoxy) is 1. The molecule has 112 valence electrons. The van der Waals surface area contributed by atoms with E-state index in [1.807, 2.05) is 6.07 Å². The first-order valence-electron chi connectivity index (χ1n) is 6.78. The van der Waals surface area contributed by atoms with Gasteiger partial charge in [0.1, 0.15) is 5.69 Å². The van der Waals surface area contributed by atoms with Crippen molar-refractivity contribution in [1.29, 1.82) is 0 Å². The molecule has 0 saturated carbocycles. The number of hydrogen-bond donors (Lipinski definition) is 1. The summed E-state index contributed by atoms with van der Waals surface area (Å²) in [7, 11) is 0. The Balaban J connectivity index is 2.56. The fraction of sp³-hybridized carbons (Fsp3) is 0.429. The normalized spacial score (nSPS) is 13.7. The molecule has 0 saturated heterocycles. The summed E-state index contributed by atoms with van der Waals surface area (Å²) in [5.41, 5.74) is 1.10. The Hall–Kier alpha value is -2.28. The van der Waals surface area contributed by atoms with Gasteiger partial charge in [0, 0.05) is 6.20 Å². The molecule has 0 aliphatic carbocycles. The summed E-state index contributed by atoms with van der Waals surface area (Å²) in [6.07, 6.45) is 0.971. The van der Waals surface area contributed by atoms with Gasteiger partial charge < -0.3 is 9.84 Å². The van der Waals surface area contributed by atoms with Crippen LogP contribution in [-0.2, 0) is 4.74 Å². The number of aromatic nitrogens is 4. The fourth-order valence-electron chi connectivity index (χ4n) is 1.86.